The van der Waals surface area contributed by atoms with Crippen molar-refractivity contribution < 1.29 is 19.0 Å². The molecule has 0 aliphatic carbocycles. The fourth-order valence-electron chi connectivity index (χ4n) is 1.91. The van der Waals surface area contributed by atoms with Crippen molar-refractivity contribution in [3.63, 3.8) is 0 Å². The van der Waals surface area contributed by atoms with E-state index in [1.54, 1.807) is 24.3 Å². The monoisotopic (exact) mass is 287 g/mol. The highest BCUT2D eigenvalue weighted by molar-refractivity contribution is 5.40. The number of aliphatic hydroxyl groups is 1. The Hall–Kier alpha value is -2.58. The fourth-order valence-corrected chi connectivity index (χ4v) is 1.91. The lowest BCUT2D eigenvalue weighted by atomic mass is 10.1. The molecule has 2 aromatic carbocycles. The summed E-state index contributed by atoms with van der Waals surface area (Å²) in [5.41, 5.74) is 1.36. The number of hydrogen-bond acceptors (Lipinski definition) is 4. The van der Waals surface area contributed by atoms with Crippen LogP contribution in [0.2, 0.25) is 0 Å². The standard InChI is InChI=1S/C16H14FNO3/c1-20-15-2-3-16(13(7-15)9-19)21-10-12-4-11(8-18)5-14(17)6-12/h2-7,19H,9-10H2,1H3. The molecule has 0 spiro atoms. The zero-order valence-corrected chi connectivity index (χ0v) is 11.5. The second-order valence-electron chi connectivity index (χ2n) is 4.38. The van der Waals surface area contributed by atoms with Gasteiger partial charge in [-0.3, -0.25) is 0 Å². The second kappa shape index (κ2) is 6.73. The second-order valence-corrected chi connectivity index (χ2v) is 4.38. The maximum absolute atomic E-state index is 13.3. The molecule has 0 aliphatic rings. The molecular formula is C16H14FNO3. The zero-order valence-electron chi connectivity index (χ0n) is 11.5. The third-order valence-corrected chi connectivity index (χ3v) is 2.92. The third kappa shape index (κ3) is 3.71. The molecule has 5 heteroatoms. The van der Waals surface area contributed by atoms with Crippen molar-refractivity contribution in [2.75, 3.05) is 7.11 Å². The summed E-state index contributed by atoms with van der Waals surface area (Å²) in [6.07, 6.45) is 0. The minimum Gasteiger partial charge on any atom is -0.497 e. The summed E-state index contributed by atoms with van der Waals surface area (Å²) in [5, 5.41) is 18.1. The lowest BCUT2D eigenvalue weighted by Crippen LogP contribution is -2.00. The topological polar surface area (TPSA) is 62.5 Å². The van der Waals surface area contributed by atoms with Crippen LogP contribution < -0.4 is 9.47 Å². The van der Waals surface area contributed by atoms with Gasteiger partial charge in [-0.25, -0.2) is 4.39 Å². The van der Waals surface area contributed by atoms with Crippen LogP contribution in [0.15, 0.2) is 36.4 Å². The Morgan fingerprint density at radius 3 is 2.71 bits per heavy atom. The average molecular weight is 287 g/mol. The van der Waals surface area contributed by atoms with Gasteiger partial charge in [0.1, 0.15) is 23.9 Å². The van der Waals surface area contributed by atoms with E-state index in [-0.39, 0.29) is 18.8 Å². The first kappa shape index (κ1) is 14.8. The number of benzene rings is 2. The van der Waals surface area contributed by atoms with Crippen LogP contribution in [0.1, 0.15) is 16.7 Å². The van der Waals surface area contributed by atoms with E-state index < -0.39 is 5.82 Å². The van der Waals surface area contributed by atoms with Gasteiger partial charge >= 0.3 is 0 Å². The molecule has 0 heterocycles. The minimum absolute atomic E-state index is 0.103. The Balaban J connectivity index is 2.16. The van der Waals surface area contributed by atoms with Gasteiger partial charge in [-0.05, 0) is 42.0 Å². The van der Waals surface area contributed by atoms with Crippen LogP contribution in [-0.4, -0.2) is 12.2 Å². The summed E-state index contributed by atoms with van der Waals surface area (Å²) in [7, 11) is 1.53. The molecule has 0 saturated carbocycles. The number of nitrogens with zero attached hydrogens (tertiary/aromatic N) is 1. The van der Waals surface area contributed by atoms with Crippen molar-refractivity contribution in [2.24, 2.45) is 0 Å². The van der Waals surface area contributed by atoms with E-state index >= 15 is 0 Å². The van der Waals surface area contributed by atoms with E-state index in [1.165, 1.54) is 13.2 Å². The molecule has 108 valence electrons. The lowest BCUT2D eigenvalue weighted by Gasteiger charge is -2.12. The van der Waals surface area contributed by atoms with E-state index in [1.807, 2.05) is 6.07 Å². The van der Waals surface area contributed by atoms with Crippen LogP contribution >= 0.6 is 0 Å². The highest BCUT2D eigenvalue weighted by atomic mass is 19.1. The molecule has 4 nitrogen and oxygen atoms in total. The molecule has 0 aromatic heterocycles. The van der Waals surface area contributed by atoms with Gasteiger partial charge in [-0.1, -0.05) is 0 Å². The maximum Gasteiger partial charge on any atom is 0.125 e. The summed E-state index contributed by atoms with van der Waals surface area (Å²) >= 11 is 0. The maximum atomic E-state index is 13.3. The quantitative estimate of drug-likeness (QED) is 0.918. The van der Waals surface area contributed by atoms with Crippen molar-refractivity contribution in [1.29, 1.82) is 5.26 Å². The predicted octanol–water partition coefficient (Wildman–Crippen LogP) is 2.78. The summed E-state index contributed by atoms with van der Waals surface area (Å²) in [6.45, 7) is -0.0924. The third-order valence-electron chi connectivity index (χ3n) is 2.92. The van der Waals surface area contributed by atoms with Crippen molar-refractivity contribution in [1.82, 2.24) is 0 Å². The number of nitriles is 1. The molecule has 0 unspecified atom stereocenters. The number of halogens is 1. The van der Waals surface area contributed by atoms with E-state index in [9.17, 15) is 9.50 Å². The van der Waals surface area contributed by atoms with Crippen molar-refractivity contribution >= 4 is 0 Å². The Morgan fingerprint density at radius 1 is 1.24 bits per heavy atom. The number of aliphatic hydroxyl groups excluding tert-OH is 1. The smallest absolute Gasteiger partial charge is 0.125 e. The van der Waals surface area contributed by atoms with Gasteiger partial charge in [0.05, 0.1) is 25.3 Å². The van der Waals surface area contributed by atoms with E-state index in [0.29, 0.717) is 22.6 Å². The lowest BCUT2D eigenvalue weighted by molar-refractivity contribution is 0.257. The predicted molar refractivity (Wildman–Crippen MR) is 74.4 cm³/mol. The molecule has 21 heavy (non-hydrogen) atoms. The van der Waals surface area contributed by atoms with Gasteiger partial charge in [0.25, 0.3) is 0 Å². The summed E-state index contributed by atoms with van der Waals surface area (Å²) in [5.74, 6) is 0.620. The highest BCUT2D eigenvalue weighted by Crippen LogP contribution is 2.25. The Labute approximate surface area is 122 Å². The van der Waals surface area contributed by atoms with E-state index in [2.05, 4.69) is 0 Å². The van der Waals surface area contributed by atoms with Gasteiger partial charge in [0, 0.05) is 5.56 Å². The Bertz CT molecular complexity index is 680. The minimum atomic E-state index is -0.482. The summed E-state index contributed by atoms with van der Waals surface area (Å²) < 4.78 is 24.0. The van der Waals surface area contributed by atoms with E-state index in [4.69, 9.17) is 14.7 Å². The molecule has 0 atom stereocenters. The molecule has 0 amide bonds. The van der Waals surface area contributed by atoms with Crippen LogP contribution in [-0.2, 0) is 13.2 Å². The number of rotatable bonds is 5. The number of methoxy groups -OCH3 is 1. The zero-order chi connectivity index (χ0) is 15.2. The van der Waals surface area contributed by atoms with Gasteiger partial charge in [0.2, 0.25) is 0 Å². The Morgan fingerprint density at radius 2 is 2.05 bits per heavy atom. The first-order valence-corrected chi connectivity index (χ1v) is 6.26. The number of hydrogen-bond donors (Lipinski definition) is 1. The molecular weight excluding hydrogens is 273 g/mol. The summed E-state index contributed by atoms with van der Waals surface area (Å²) in [4.78, 5) is 0. The highest BCUT2D eigenvalue weighted by Gasteiger charge is 2.07. The molecule has 0 aliphatic heterocycles. The van der Waals surface area contributed by atoms with Gasteiger partial charge < -0.3 is 14.6 Å². The van der Waals surface area contributed by atoms with Gasteiger partial charge in [0.15, 0.2) is 0 Å². The molecule has 0 radical (unpaired) electrons. The van der Waals surface area contributed by atoms with Crippen molar-refractivity contribution in [2.45, 2.75) is 13.2 Å². The van der Waals surface area contributed by atoms with Crippen LogP contribution in [0.5, 0.6) is 11.5 Å². The number of ether oxygens (including phenoxy) is 2. The van der Waals surface area contributed by atoms with Gasteiger partial charge in [-0.2, -0.15) is 5.26 Å². The molecule has 1 N–H and O–H groups in total. The van der Waals surface area contributed by atoms with Crippen LogP contribution in [0.4, 0.5) is 4.39 Å². The largest absolute Gasteiger partial charge is 0.497 e. The van der Waals surface area contributed by atoms with Crippen LogP contribution in [0, 0.1) is 17.1 Å². The first-order valence-electron chi connectivity index (χ1n) is 6.26. The summed E-state index contributed by atoms with van der Waals surface area (Å²) in [6, 6.07) is 11.0. The molecule has 2 aromatic rings. The Kier molecular flexibility index (Phi) is 4.75. The molecule has 0 fully saturated rings. The van der Waals surface area contributed by atoms with Crippen LogP contribution in [0.25, 0.3) is 0 Å². The SMILES string of the molecule is COc1ccc(OCc2cc(F)cc(C#N)c2)c(CO)c1. The van der Waals surface area contributed by atoms with Crippen LogP contribution in [0.3, 0.4) is 0 Å². The molecule has 0 saturated heterocycles. The normalized spacial score (nSPS) is 10.0. The first-order chi connectivity index (χ1) is 10.2. The van der Waals surface area contributed by atoms with Gasteiger partial charge in [-0.15, -0.1) is 0 Å². The fraction of sp³-hybridized carbons (Fsp3) is 0.188. The van der Waals surface area contributed by atoms with Crippen molar-refractivity contribution in [3.8, 4) is 17.6 Å². The van der Waals surface area contributed by atoms with Crippen molar-refractivity contribution in [3.05, 3.63) is 58.9 Å². The molecule has 2 rings (SSSR count). The average Bonchev–Trinajstić information content (AvgIpc) is 2.52. The van der Waals surface area contributed by atoms with E-state index in [0.717, 1.165) is 6.07 Å². The molecule has 0 bridgehead atoms.